The van der Waals surface area contributed by atoms with Crippen molar-refractivity contribution in [3.05, 3.63) is 95.8 Å². The van der Waals surface area contributed by atoms with Crippen LogP contribution in [0.2, 0.25) is 0 Å². The van der Waals surface area contributed by atoms with Gasteiger partial charge in [-0.1, -0.05) is 30.3 Å². The van der Waals surface area contributed by atoms with Gasteiger partial charge in [0.05, 0.1) is 23.0 Å². The number of carbonyl (C=O) groups is 2. The van der Waals surface area contributed by atoms with Crippen LogP contribution in [0.4, 0.5) is 5.69 Å². The van der Waals surface area contributed by atoms with Crippen LogP contribution < -0.4 is 5.01 Å². The fourth-order valence-corrected chi connectivity index (χ4v) is 3.59. The number of rotatable bonds is 9. The van der Waals surface area contributed by atoms with Gasteiger partial charge in [0.1, 0.15) is 0 Å². The van der Waals surface area contributed by atoms with Crippen molar-refractivity contribution in [2.24, 2.45) is 5.10 Å². The van der Waals surface area contributed by atoms with E-state index in [1.165, 1.54) is 4.90 Å². The number of unbranched alkanes of at least 4 members (excludes halogenated alkanes) is 2. The Hall–Kier alpha value is -3.80. The number of amides is 2. The summed E-state index contributed by atoms with van der Waals surface area (Å²) in [4.78, 5) is 30.3. The first kappa shape index (κ1) is 20.5. The molecule has 2 heterocycles. The number of hydrazone groups is 1. The fourth-order valence-electron chi connectivity index (χ4n) is 3.59. The minimum absolute atomic E-state index is 0.187. The van der Waals surface area contributed by atoms with E-state index < -0.39 is 0 Å². The van der Waals surface area contributed by atoms with Crippen LogP contribution in [0, 0.1) is 0 Å². The Bertz CT molecular complexity index is 1030. The summed E-state index contributed by atoms with van der Waals surface area (Å²) in [6.07, 6.45) is 7.86. The molecule has 0 saturated carbocycles. The Morgan fingerprint density at radius 1 is 0.806 bits per heavy atom. The highest BCUT2D eigenvalue weighted by molar-refractivity contribution is 6.21. The van der Waals surface area contributed by atoms with Gasteiger partial charge in [0.15, 0.2) is 0 Å². The minimum atomic E-state index is -0.187. The van der Waals surface area contributed by atoms with E-state index in [9.17, 15) is 9.59 Å². The predicted octanol–water partition coefficient (Wildman–Crippen LogP) is 4.39. The van der Waals surface area contributed by atoms with Gasteiger partial charge in [0, 0.05) is 25.5 Å². The highest BCUT2D eigenvalue weighted by atomic mass is 16.2. The van der Waals surface area contributed by atoms with Crippen LogP contribution in [0.25, 0.3) is 0 Å². The van der Waals surface area contributed by atoms with Gasteiger partial charge in [-0.3, -0.25) is 24.5 Å². The molecule has 0 aliphatic carbocycles. The zero-order valence-electron chi connectivity index (χ0n) is 17.2. The minimum Gasteiger partial charge on any atom is -0.274 e. The van der Waals surface area contributed by atoms with Gasteiger partial charge in [-0.05, 0) is 61.2 Å². The standard InChI is InChI=1S/C25H24N4O2/c30-24-22-11-5-6-12-23(22)25(31)28(24)17-7-2-8-18-29(21-9-3-1-4-10-21)27-19-20-13-15-26-16-14-20/h1,3-6,9-16,19H,2,7-8,17-18H2/b27-19+. The predicted molar refractivity (Wildman–Crippen MR) is 121 cm³/mol. The number of hydrogen-bond donors (Lipinski definition) is 0. The van der Waals surface area contributed by atoms with Crippen LogP contribution in [0.15, 0.2) is 84.2 Å². The molecule has 2 aromatic carbocycles. The maximum atomic E-state index is 12.5. The molecule has 0 unspecified atom stereocenters. The van der Waals surface area contributed by atoms with E-state index in [2.05, 4.69) is 10.1 Å². The van der Waals surface area contributed by atoms with Gasteiger partial charge in [0.2, 0.25) is 0 Å². The largest absolute Gasteiger partial charge is 0.274 e. The van der Waals surface area contributed by atoms with Gasteiger partial charge in [0.25, 0.3) is 11.8 Å². The molecular formula is C25H24N4O2. The highest BCUT2D eigenvalue weighted by Crippen LogP contribution is 2.23. The average molecular weight is 412 g/mol. The number of carbonyl (C=O) groups excluding carboxylic acids is 2. The van der Waals surface area contributed by atoms with E-state index in [0.717, 1.165) is 37.1 Å². The molecule has 6 heteroatoms. The van der Waals surface area contributed by atoms with Crippen molar-refractivity contribution in [2.45, 2.75) is 19.3 Å². The lowest BCUT2D eigenvalue weighted by atomic mass is 10.1. The van der Waals surface area contributed by atoms with Crippen molar-refractivity contribution in [1.29, 1.82) is 0 Å². The molecule has 0 N–H and O–H groups in total. The van der Waals surface area contributed by atoms with E-state index in [1.807, 2.05) is 53.7 Å². The molecule has 1 aliphatic heterocycles. The summed E-state index contributed by atoms with van der Waals surface area (Å²) in [5.41, 5.74) is 3.02. The molecule has 4 rings (SSSR count). The summed E-state index contributed by atoms with van der Waals surface area (Å²) < 4.78 is 0. The topological polar surface area (TPSA) is 65.9 Å². The van der Waals surface area contributed by atoms with Crippen LogP contribution in [0.1, 0.15) is 45.5 Å². The average Bonchev–Trinajstić information content (AvgIpc) is 3.07. The van der Waals surface area contributed by atoms with Crippen molar-refractivity contribution in [3.8, 4) is 0 Å². The lowest BCUT2D eigenvalue weighted by Gasteiger charge is -2.19. The lowest BCUT2D eigenvalue weighted by Crippen LogP contribution is -2.30. The molecule has 0 saturated heterocycles. The number of pyridine rings is 1. The molecule has 0 atom stereocenters. The van der Waals surface area contributed by atoms with Crippen molar-refractivity contribution >= 4 is 23.7 Å². The van der Waals surface area contributed by atoms with Crippen molar-refractivity contribution in [2.75, 3.05) is 18.1 Å². The third-order valence-electron chi connectivity index (χ3n) is 5.24. The molecule has 31 heavy (non-hydrogen) atoms. The Morgan fingerprint density at radius 3 is 2.13 bits per heavy atom. The Labute approximate surface area is 181 Å². The summed E-state index contributed by atoms with van der Waals surface area (Å²) in [5.74, 6) is -0.373. The summed E-state index contributed by atoms with van der Waals surface area (Å²) in [6.45, 7) is 1.19. The monoisotopic (exact) mass is 412 g/mol. The van der Waals surface area contributed by atoms with Gasteiger partial charge in [-0.15, -0.1) is 0 Å². The number of fused-ring (bicyclic) bond motifs is 1. The van der Waals surface area contributed by atoms with Crippen LogP contribution >= 0.6 is 0 Å². The molecule has 0 fully saturated rings. The number of imide groups is 1. The molecule has 0 radical (unpaired) electrons. The highest BCUT2D eigenvalue weighted by Gasteiger charge is 2.34. The number of hydrogen-bond acceptors (Lipinski definition) is 5. The third-order valence-corrected chi connectivity index (χ3v) is 5.24. The molecule has 0 bridgehead atoms. The van der Waals surface area contributed by atoms with Gasteiger partial charge >= 0.3 is 0 Å². The van der Waals surface area contributed by atoms with E-state index >= 15 is 0 Å². The van der Waals surface area contributed by atoms with Gasteiger partial charge in [-0.25, -0.2) is 0 Å². The maximum absolute atomic E-state index is 12.5. The molecule has 6 nitrogen and oxygen atoms in total. The van der Waals surface area contributed by atoms with Crippen molar-refractivity contribution in [1.82, 2.24) is 9.88 Å². The number of para-hydroxylation sites is 1. The summed E-state index contributed by atoms with van der Waals surface area (Å²) >= 11 is 0. The second-order valence-corrected chi connectivity index (χ2v) is 7.35. The van der Waals surface area contributed by atoms with E-state index in [4.69, 9.17) is 0 Å². The Kier molecular flexibility index (Phi) is 6.47. The lowest BCUT2D eigenvalue weighted by molar-refractivity contribution is 0.0651. The van der Waals surface area contributed by atoms with Crippen molar-refractivity contribution in [3.63, 3.8) is 0 Å². The van der Waals surface area contributed by atoms with Crippen LogP contribution in [0.3, 0.4) is 0 Å². The molecule has 1 aromatic heterocycles. The van der Waals surface area contributed by atoms with E-state index in [0.29, 0.717) is 17.7 Å². The second kappa shape index (κ2) is 9.80. The summed E-state index contributed by atoms with van der Waals surface area (Å²) in [5, 5.41) is 6.63. The van der Waals surface area contributed by atoms with Gasteiger partial charge < -0.3 is 0 Å². The molecular weight excluding hydrogens is 388 g/mol. The normalized spacial score (nSPS) is 13.1. The Balaban J connectivity index is 1.31. The van der Waals surface area contributed by atoms with Crippen molar-refractivity contribution < 1.29 is 9.59 Å². The zero-order valence-corrected chi connectivity index (χ0v) is 17.2. The van der Waals surface area contributed by atoms with Crippen LogP contribution in [-0.2, 0) is 0 Å². The quantitative estimate of drug-likeness (QED) is 0.226. The second-order valence-electron chi connectivity index (χ2n) is 7.35. The Morgan fingerprint density at radius 2 is 1.45 bits per heavy atom. The SMILES string of the molecule is O=C1c2ccccc2C(=O)N1CCCCCN(/N=C/c1ccncc1)c1ccccc1. The molecule has 1 aliphatic rings. The van der Waals surface area contributed by atoms with Crippen LogP contribution in [-0.4, -0.2) is 41.0 Å². The fraction of sp³-hybridized carbons (Fsp3) is 0.200. The van der Waals surface area contributed by atoms with E-state index in [-0.39, 0.29) is 11.8 Å². The zero-order chi connectivity index (χ0) is 21.5. The first-order valence-corrected chi connectivity index (χ1v) is 10.5. The number of anilines is 1. The summed E-state index contributed by atoms with van der Waals surface area (Å²) in [7, 11) is 0. The maximum Gasteiger partial charge on any atom is 0.261 e. The first-order chi connectivity index (χ1) is 15.2. The van der Waals surface area contributed by atoms with E-state index in [1.54, 1.807) is 36.7 Å². The first-order valence-electron chi connectivity index (χ1n) is 10.5. The molecule has 156 valence electrons. The molecule has 3 aromatic rings. The molecule has 2 amide bonds. The molecule has 0 spiro atoms. The number of nitrogens with zero attached hydrogens (tertiary/aromatic N) is 4. The summed E-state index contributed by atoms with van der Waals surface area (Å²) in [6, 6.07) is 20.9. The smallest absolute Gasteiger partial charge is 0.261 e. The van der Waals surface area contributed by atoms with Gasteiger partial charge in [-0.2, -0.15) is 5.10 Å². The number of aromatic nitrogens is 1. The third kappa shape index (κ3) is 4.86. The van der Waals surface area contributed by atoms with Crippen LogP contribution in [0.5, 0.6) is 0 Å². The number of benzene rings is 2.